The molecule has 1 aliphatic carbocycles. The molecule has 0 unspecified atom stereocenters. The number of carbonyl (C=O) groups excluding carboxylic acids is 6. The summed E-state index contributed by atoms with van der Waals surface area (Å²) in [5.41, 5.74) is 11.8. The van der Waals surface area contributed by atoms with E-state index in [4.69, 9.17) is 28.4 Å². The van der Waals surface area contributed by atoms with Crippen molar-refractivity contribution in [2.45, 2.75) is 119 Å². The van der Waals surface area contributed by atoms with Crippen LogP contribution >= 0.6 is 0 Å². The van der Waals surface area contributed by atoms with E-state index in [9.17, 15) is 28.8 Å². The largest absolute Gasteiger partial charge is 0.462 e. The van der Waals surface area contributed by atoms with E-state index in [1.807, 2.05) is 77.9 Å². The number of benzene rings is 9. The number of hydrogen-bond donors (Lipinski definition) is 0. The zero-order valence-electron chi connectivity index (χ0n) is 64.9. The lowest BCUT2D eigenvalue weighted by atomic mass is 9.94. The lowest BCUT2D eigenvalue weighted by molar-refractivity contribution is 0.0490. The van der Waals surface area contributed by atoms with Gasteiger partial charge in [-0.15, -0.1) is 0 Å². The average Bonchev–Trinajstić information content (AvgIpc) is 0.794. The molecule has 0 amide bonds. The predicted octanol–water partition coefficient (Wildman–Crippen LogP) is 18.3. The molecule has 0 N–H and O–H groups in total. The molecule has 0 radical (unpaired) electrons. The minimum Gasteiger partial charge on any atom is -0.462 e. The number of unbranched alkanes of at least 4 members (excludes halogenated alkanes) is 6. The molecular formula is C102H84O12. The SMILES string of the molecule is CCCCOC(=O)c1ccc(C#Cc2cc3c(cc2C#Cc2ccc(C(=O)OCCCC)cc2)C#Cc2cc(C#Cc4ccc(C(=O)OCCCC)cc4)c(C#Cc4ccc(C(=O)OCCCC)cc4)cc2C#Cc2cc(C#Cc4ccc(C(=O)OCCCC)cc4)c(C#Cc4ccc(C(=O)OCCCC)cc4)cc2C#C3)cc1. The molecule has 0 fully saturated rings. The number of esters is 6. The second-order valence-corrected chi connectivity index (χ2v) is 26.5. The van der Waals surface area contributed by atoms with Crippen LogP contribution < -0.4 is 0 Å². The highest BCUT2D eigenvalue weighted by atomic mass is 16.6. The zero-order valence-corrected chi connectivity index (χ0v) is 64.9. The molecule has 0 atom stereocenters. The molecule has 12 heteroatoms. The summed E-state index contributed by atoms with van der Waals surface area (Å²) in [7, 11) is 0. The van der Waals surface area contributed by atoms with Gasteiger partial charge in [0.1, 0.15) is 0 Å². The highest BCUT2D eigenvalue weighted by Gasteiger charge is 2.16. The molecule has 9 aromatic carbocycles. The molecule has 12 nitrogen and oxygen atoms in total. The van der Waals surface area contributed by atoms with Crippen LogP contribution in [0.5, 0.6) is 0 Å². The summed E-state index contributed by atoms with van der Waals surface area (Å²) in [5, 5.41) is 0. The number of rotatable bonds is 24. The van der Waals surface area contributed by atoms with Crippen molar-refractivity contribution in [2.75, 3.05) is 39.6 Å². The fourth-order valence-electron chi connectivity index (χ4n) is 10.8. The van der Waals surface area contributed by atoms with E-state index in [0.29, 0.717) is 173 Å². The molecule has 0 heterocycles. The molecule has 0 saturated heterocycles. The van der Waals surface area contributed by atoms with Gasteiger partial charge in [0.05, 0.1) is 73.0 Å². The van der Waals surface area contributed by atoms with Crippen LogP contribution in [0.25, 0.3) is 0 Å². The summed E-state index contributed by atoms with van der Waals surface area (Å²) in [6.45, 7) is 14.0. The summed E-state index contributed by atoms with van der Waals surface area (Å²) in [4.78, 5) is 78.0. The van der Waals surface area contributed by atoms with Crippen molar-refractivity contribution >= 4 is 35.8 Å². The molecule has 1 aliphatic rings. The van der Waals surface area contributed by atoms with Gasteiger partial charge in [0.2, 0.25) is 0 Å². The van der Waals surface area contributed by atoms with Gasteiger partial charge in [-0.25, -0.2) is 28.8 Å². The molecule has 564 valence electrons. The van der Waals surface area contributed by atoms with Gasteiger partial charge in [0.15, 0.2) is 0 Å². The number of fused-ring (bicyclic) bond motifs is 3. The fraction of sp³-hybridized carbons (Fsp3) is 0.235. The molecule has 0 bridgehead atoms. The summed E-state index contributed by atoms with van der Waals surface area (Å²) >= 11 is 0. The molecular weight excluding hydrogens is 1420 g/mol. The van der Waals surface area contributed by atoms with Gasteiger partial charge in [-0.3, -0.25) is 0 Å². The first-order chi connectivity index (χ1) is 55.7. The van der Waals surface area contributed by atoms with Crippen molar-refractivity contribution in [3.05, 3.63) is 316 Å². The third-order valence-corrected chi connectivity index (χ3v) is 17.6. The maximum absolute atomic E-state index is 13.0. The van der Waals surface area contributed by atoms with Crippen molar-refractivity contribution in [1.29, 1.82) is 0 Å². The zero-order chi connectivity index (χ0) is 80.2. The first kappa shape index (κ1) is 82.3. The van der Waals surface area contributed by atoms with Crippen molar-refractivity contribution in [1.82, 2.24) is 0 Å². The molecule has 114 heavy (non-hydrogen) atoms. The molecule has 0 spiro atoms. The van der Waals surface area contributed by atoms with E-state index in [-0.39, 0.29) is 0 Å². The van der Waals surface area contributed by atoms with Crippen LogP contribution in [0.4, 0.5) is 0 Å². The second-order valence-electron chi connectivity index (χ2n) is 26.5. The van der Waals surface area contributed by atoms with Crippen LogP contribution in [0.15, 0.2) is 182 Å². The minimum atomic E-state index is -0.428. The van der Waals surface area contributed by atoms with Crippen molar-refractivity contribution in [2.24, 2.45) is 0 Å². The summed E-state index contributed by atoms with van der Waals surface area (Å²) in [6, 6.07) is 52.3. The first-order valence-electron chi connectivity index (χ1n) is 38.6. The van der Waals surface area contributed by atoms with Crippen molar-refractivity contribution in [3.8, 4) is 107 Å². The van der Waals surface area contributed by atoms with Crippen LogP contribution in [0.2, 0.25) is 0 Å². The molecule has 0 aliphatic heterocycles. The van der Waals surface area contributed by atoms with Crippen LogP contribution in [0, 0.1) is 107 Å². The maximum Gasteiger partial charge on any atom is 0.338 e. The molecule has 9 aromatic rings. The van der Waals surface area contributed by atoms with Crippen molar-refractivity contribution in [3.63, 3.8) is 0 Å². The third-order valence-electron chi connectivity index (χ3n) is 17.6. The van der Waals surface area contributed by atoms with E-state index < -0.39 is 35.8 Å². The van der Waals surface area contributed by atoms with Gasteiger partial charge < -0.3 is 28.4 Å². The quantitative estimate of drug-likeness (QED) is 0.0244. The highest BCUT2D eigenvalue weighted by molar-refractivity contribution is 5.92. The summed E-state index contributed by atoms with van der Waals surface area (Å²) in [6.07, 6.45) is 9.76. The predicted molar refractivity (Wildman–Crippen MR) is 443 cm³/mol. The summed E-state index contributed by atoms with van der Waals surface area (Å²) in [5.74, 6) is 58.2. The van der Waals surface area contributed by atoms with Crippen LogP contribution in [0.1, 0.15) is 281 Å². The van der Waals surface area contributed by atoms with Crippen LogP contribution in [-0.4, -0.2) is 75.5 Å². The Balaban J connectivity index is 1.20. The lowest BCUT2D eigenvalue weighted by Gasteiger charge is -2.07. The number of carbonyl (C=O) groups is 6. The van der Waals surface area contributed by atoms with Gasteiger partial charge in [-0.1, -0.05) is 187 Å². The van der Waals surface area contributed by atoms with E-state index in [1.54, 1.807) is 146 Å². The molecule has 0 aromatic heterocycles. The van der Waals surface area contributed by atoms with E-state index in [0.717, 1.165) is 77.0 Å². The number of ether oxygens (including phenoxy) is 6. The standard InChI is InChI=1S/C102H84O12/c1-7-13-61-109-97(103)79-37-19-73(20-38-79)31-49-85-67-91-55-56-93-69-87(51-33-75-23-41-81(42-24-75)99(105)111-63-15-9-3)89(53-35-77-27-45-83(46-28-77)101(107)113-65-17-11-5)71-95(93)59-60-96-72-90(54-36-78-29-47-84(48-30-78)102(108)114-66-18-12-6)88(52-34-76-25-43-82(44-26-76)100(106)112-64-16-10-4)70-94(96)58-57-92(91)68-86(85)50-32-74-21-39-80(40-22-74)98(104)110-62-14-8-2/h19-30,37-48,67-72H,7-18,61-66H2,1-6H3. The van der Waals surface area contributed by atoms with Gasteiger partial charge in [0, 0.05) is 100 Å². The Bertz CT molecular complexity index is 4750. The smallest absolute Gasteiger partial charge is 0.338 e. The molecule has 0 saturated carbocycles. The Morgan fingerprint density at radius 3 is 0.465 bits per heavy atom. The topological polar surface area (TPSA) is 158 Å². The van der Waals surface area contributed by atoms with Gasteiger partial charge >= 0.3 is 35.8 Å². The van der Waals surface area contributed by atoms with E-state index in [1.165, 1.54) is 0 Å². The highest BCUT2D eigenvalue weighted by Crippen LogP contribution is 2.24. The van der Waals surface area contributed by atoms with Crippen LogP contribution in [-0.2, 0) is 28.4 Å². The Morgan fingerprint density at radius 1 is 0.211 bits per heavy atom. The minimum absolute atomic E-state index is 0.313. The Labute approximate surface area is 669 Å². The first-order valence-corrected chi connectivity index (χ1v) is 38.6. The van der Waals surface area contributed by atoms with E-state index in [2.05, 4.69) is 107 Å². The average molecular weight is 1500 g/mol. The van der Waals surface area contributed by atoms with Gasteiger partial charge in [-0.2, -0.15) is 0 Å². The fourth-order valence-corrected chi connectivity index (χ4v) is 10.8. The Morgan fingerprint density at radius 2 is 0.342 bits per heavy atom. The Hall–Kier alpha value is -14.2. The van der Waals surface area contributed by atoms with Crippen molar-refractivity contribution < 1.29 is 57.2 Å². The van der Waals surface area contributed by atoms with E-state index >= 15 is 0 Å². The Kier molecular flexibility index (Phi) is 31.3. The van der Waals surface area contributed by atoms with Gasteiger partial charge in [0.25, 0.3) is 0 Å². The third kappa shape index (κ3) is 24.7. The van der Waals surface area contributed by atoms with Crippen LogP contribution in [0.3, 0.4) is 0 Å². The summed E-state index contributed by atoms with van der Waals surface area (Å²) < 4.78 is 33.0. The van der Waals surface area contributed by atoms with Gasteiger partial charge in [-0.05, 0) is 221 Å². The monoisotopic (exact) mass is 1500 g/mol. The normalized spacial score (nSPS) is 10.3. The maximum atomic E-state index is 13.0. The number of hydrogen-bond acceptors (Lipinski definition) is 12. The lowest BCUT2D eigenvalue weighted by Crippen LogP contribution is -2.06. The molecule has 10 rings (SSSR count). The second kappa shape index (κ2) is 43.3.